The van der Waals surface area contributed by atoms with Crippen LogP contribution in [0.25, 0.3) is 11.4 Å². The van der Waals surface area contributed by atoms with E-state index >= 15 is 0 Å². The molecule has 1 saturated carbocycles. The number of hydrogen-bond acceptors (Lipinski definition) is 5. The molecule has 3 rings (SSSR count). The van der Waals surface area contributed by atoms with E-state index in [-0.39, 0.29) is 0 Å². The summed E-state index contributed by atoms with van der Waals surface area (Å²) in [5, 5.41) is 12.0. The summed E-state index contributed by atoms with van der Waals surface area (Å²) in [5.41, 5.74) is 7.31. The molecule has 6 nitrogen and oxygen atoms in total. The van der Waals surface area contributed by atoms with Crippen molar-refractivity contribution >= 4 is 5.69 Å². The van der Waals surface area contributed by atoms with Crippen LogP contribution in [0.15, 0.2) is 18.2 Å². The number of anilines is 1. The van der Waals surface area contributed by atoms with Gasteiger partial charge in [0.1, 0.15) is 5.75 Å². The van der Waals surface area contributed by atoms with Gasteiger partial charge in [0.25, 0.3) is 0 Å². The first-order chi connectivity index (χ1) is 9.28. The van der Waals surface area contributed by atoms with Gasteiger partial charge in [-0.2, -0.15) is 0 Å². The van der Waals surface area contributed by atoms with Crippen LogP contribution in [0.4, 0.5) is 5.69 Å². The summed E-state index contributed by atoms with van der Waals surface area (Å²) >= 11 is 0. The molecule has 0 unspecified atom stereocenters. The van der Waals surface area contributed by atoms with Crippen molar-refractivity contribution in [2.45, 2.75) is 25.8 Å². The van der Waals surface area contributed by atoms with E-state index in [0.29, 0.717) is 17.4 Å². The number of nitrogens with two attached hydrogens (primary N) is 1. The van der Waals surface area contributed by atoms with Gasteiger partial charge in [0.15, 0.2) is 5.82 Å². The molecule has 1 fully saturated rings. The molecule has 0 amide bonds. The van der Waals surface area contributed by atoms with Gasteiger partial charge in [0, 0.05) is 18.3 Å². The molecule has 1 aromatic carbocycles. The molecular formula is C13H17N5O. The number of rotatable bonds is 4. The van der Waals surface area contributed by atoms with Gasteiger partial charge >= 0.3 is 0 Å². The van der Waals surface area contributed by atoms with Crippen molar-refractivity contribution in [2.24, 2.45) is 5.92 Å². The largest absolute Gasteiger partial charge is 0.496 e. The highest BCUT2D eigenvalue weighted by Gasteiger charge is 2.21. The minimum absolute atomic E-state index is 0.665. The molecule has 1 aliphatic rings. The van der Waals surface area contributed by atoms with E-state index in [1.165, 1.54) is 19.3 Å². The smallest absolute Gasteiger partial charge is 0.185 e. The van der Waals surface area contributed by atoms with E-state index in [2.05, 4.69) is 15.5 Å². The Labute approximate surface area is 111 Å². The van der Waals surface area contributed by atoms with Crippen molar-refractivity contribution < 1.29 is 4.74 Å². The standard InChI is InChI=1S/C13H17N5O/c1-19-12-7-10(14)5-6-11(12)13-15-16-17-18(13)8-9-3-2-4-9/h5-7,9H,2-4,8,14H2,1H3. The zero-order chi connectivity index (χ0) is 13.2. The van der Waals surface area contributed by atoms with E-state index in [0.717, 1.165) is 17.9 Å². The van der Waals surface area contributed by atoms with Crippen LogP contribution in [0.1, 0.15) is 19.3 Å². The lowest BCUT2D eigenvalue weighted by Crippen LogP contribution is -2.19. The Balaban J connectivity index is 1.95. The second-order valence-corrected chi connectivity index (χ2v) is 4.94. The van der Waals surface area contributed by atoms with Crippen molar-refractivity contribution in [1.82, 2.24) is 20.2 Å². The summed E-state index contributed by atoms with van der Waals surface area (Å²) in [6.45, 7) is 0.871. The summed E-state index contributed by atoms with van der Waals surface area (Å²) in [7, 11) is 1.62. The second kappa shape index (κ2) is 4.87. The topological polar surface area (TPSA) is 78.8 Å². The Bertz CT molecular complexity index is 576. The van der Waals surface area contributed by atoms with E-state index in [1.54, 1.807) is 13.2 Å². The average molecular weight is 259 g/mol. The first kappa shape index (κ1) is 12.0. The van der Waals surface area contributed by atoms with Crippen LogP contribution < -0.4 is 10.5 Å². The van der Waals surface area contributed by atoms with Crippen LogP contribution in [0.3, 0.4) is 0 Å². The first-order valence-corrected chi connectivity index (χ1v) is 6.48. The number of nitrogen functional groups attached to an aromatic ring is 1. The molecule has 1 heterocycles. The van der Waals surface area contributed by atoms with Crippen molar-refractivity contribution in [3.63, 3.8) is 0 Å². The molecule has 6 heteroatoms. The molecule has 0 bridgehead atoms. The third-order valence-corrected chi connectivity index (χ3v) is 3.65. The predicted molar refractivity (Wildman–Crippen MR) is 71.6 cm³/mol. The van der Waals surface area contributed by atoms with E-state index < -0.39 is 0 Å². The van der Waals surface area contributed by atoms with Gasteiger partial charge in [-0.3, -0.25) is 0 Å². The summed E-state index contributed by atoms with van der Waals surface area (Å²) < 4.78 is 7.22. The van der Waals surface area contributed by atoms with Crippen LogP contribution in [-0.2, 0) is 6.54 Å². The molecule has 1 aliphatic carbocycles. The number of hydrogen-bond donors (Lipinski definition) is 1. The zero-order valence-electron chi connectivity index (χ0n) is 10.9. The number of benzene rings is 1. The molecule has 0 spiro atoms. The number of methoxy groups -OCH3 is 1. The van der Waals surface area contributed by atoms with E-state index in [1.807, 2.05) is 16.8 Å². The summed E-state index contributed by atoms with van der Waals surface area (Å²) in [4.78, 5) is 0. The molecule has 2 N–H and O–H groups in total. The minimum Gasteiger partial charge on any atom is -0.496 e. The lowest BCUT2D eigenvalue weighted by atomic mass is 9.85. The summed E-state index contributed by atoms with van der Waals surface area (Å²) in [6, 6.07) is 5.52. The minimum atomic E-state index is 0.665. The second-order valence-electron chi connectivity index (χ2n) is 4.94. The monoisotopic (exact) mass is 259 g/mol. The zero-order valence-corrected chi connectivity index (χ0v) is 10.9. The highest BCUT2D eigenvalue weighted by Crippen LogP contribution is 2.32. The van der Waals surface area contributed by atoms with Gasteiger partial charge in [-0.15, -0.1) is 5.10 Å². The lowest BCUT2D eigenvalue weighted by molar-refractivity contribution is 0.265. The Kier molecular flexibility index (Phi) is 3.06. The van der Waals surface area contributed by atoms with Crippen molar-refractivity contribution in [1.29, 1.82) is 0 Å². The molecule has 0 aliphatic heterocycles. The fourth-order valence-corrected chi connectivity index (χ4v) is 2.33. The van der Waals surface area contributed by atoms with Crippen LogP contribution in [0, 0.1) is 5.92 Å². The maximum Gasteiger partial charge on any atom is 0.185 e. The molecule has 0 radical (unpaired) electrons. The summed E-state index contributed by atoms with van der Waals surface area (Å²) in [6.07, 6.45) is 3.84. The van der Waals surface area contributed by atoms with Crippen molar-refractivity contribution in [3.05, 3.63) is 18.2 Å². The van der Waals surface area contributed by atoms with Gasteiger partial charge < -0.3 is 10.5 Å². The van der Waals surface area contributed by atoms with Gasteiger partial charge in [0.2, 0.25) is 0 Å². The summed E-state index contributed by atoms with van der Waals surface area (Å²) in [5.74, 6) is 2.13. The van der Waals surface area contributed by atoms with Crippen LogP contribution in [0.5, 0.6) is 5.75 Å². The Morgan fingerprint density at radius 1 is 1.42 bits per heavy atom. The average Bonchev–Trinajstić information content (AvgIpc) is 2.81. The van der Waals surface area contributed by atoms with Gasteiger partial charge in [-0.05, 0) is 41.3 Å². The SMILES string of the molecule is COc1cc(N)ccc1-c1nnnn1CC1CCC1. The Morgan fingerprint density at radius 3 is 2.95 bits per heavy atom. The molecule has 100 valence electrons. The highest BCUT2D eigenvalue weighted by atomic mass is 16.5. The molecular weight excluding hydrogens is 242 g/mol. The molecule has 2 aromatic rings. The molecule has 0 saturated heterocycles. The Morgan fingerprint density at radius 2 is 2.26 bits per heavy atom. The number of nitrogens with zero attached hydrogens (tertiary/aromatic N) is 4. The molecule has 0 atom stereocenters. The van der Waals surface area contributed by atoms with Gasteiger partial charge in [0.05, 0.1) is 12.7 Å². The van der Waals surface area contributed by atoms with Crippen LogP contribution >= 0.6 is 0 Å². The fraction of sp³-hybridized carbons (Fsp3) is 0.462. The van der Waals surface area contributed by atoms with Crippen LogP contribution in [0.2, 0.25) is 0 Å². The van der Waals surface area contributed by atoms with Gasteiger partial charge in [-0.1, -0.05) is 6.42 Å². The normalized spacial score (nSPS) is 15.2. The number of tetrazole rings is 1. The first-order valence-electron chi connectivity index (χ1n) is 6.48. The van der Waals surface area contributed by atoms with Crippen LogP contribution in [-0.4, -0.2) is 27.3 Å². The van der Waals surface area contributed by atoms with E-state index in [9.17, 15) is 0 Å². The Hall–Kier alpha value is -2.11. The van der Waals surface area contributed by atoms with E-state index in [4.69, 9.17) is 10.5 Å². The maximum absolute atomic E-state index is 5.77. The quantitative estimate of drug-likeness (QED) is 0.846. The molecule has 1 aromatic heterocycles. The highest BCUT2D eigenvalue weighted by molar-refractivity contribution is 5.67. The fourth-order valence-electron chi connectivity index (χ4n) is 2.33. The molecule has 19 heavy (non-hydrogen) atoms. The van der Waals surface area contributed by atoms with Crippen molar-refractivity contribution in [3.8, 4) is 17.1 Å². The maximum atomic E-state index is 5.77. The predicted octanol–water partition coefficient (Wildman–Crippen LogP) is 1.73. The third-order valence-electron chi connectivity index (χ3n) is 3.65. The lowest BCUT2D eigenvalue weighted by Gasteiger charge is -2.25. The van der Waals surface area contributed by atoms with Crippen molar-refractivity contribution in [2.75, 3.05) is 12.8 Å². The number of aromatic nitrogens is 4. The number of ether oxygens (including phenoxy) is 1. The third kappa shape index (κ3) is 2.25. The van der Waals surface area contributed by atoms with Gasteiger partial charge in [-0.25, -0.2) is 4.68 Å².